The van der Waals surface area contributed by atoms with E-state index in [2.05, 4.69) is 4.90 Å². The second-order valence-electron chi connectivity index (χ2n) is 4.66. The van der Waals surface area contributed by atoms with E-state index in [-0.39, 0.29) is 11.9 Å². The van der Waals surface area contributed by atoms with Gasteiger partial charge in [0.1, 0.15) is 17.4 Å². The van der Waals surface area contributed by atoms with Gasteiger partial charge in [-0.15, -0.1) is 0 Å². The lowest BCUT2D eigenvalue weighted by Crippen LogP contribution is -2.40. The summed E-state index contributed by atoms with van der Waals surface area (Å²) < 4.78 is 11.0. The second kappa shape index (κ2) is 4.83. The SMILES string of the molecule is CC(=S)N1CCOC(c2ccc3occc3c2O)C1. The van der Waals surface area contributed by atoms with Gasteiger partial charge in [0.15, 0.2) is 0 Å². The molecule has 0 bridgehead atoms. The molecule has 1 aromatic heterocycles. The predicted molar refractivity (Wildman–Crippen MR) is 76.4 cm³/mol. The lowest BCUT2D eigenvalue weighted by molar-refractivity contribution is -0.00729. The van der Waals surface area contributed by atoms with E-state index in [1.54, 1.807) is 12.3 Å². The van der Waals surface area contributed by atoms with Crippen molar-refractivity contribution >= 4 is 28.2 Å². The summed E-state index contributed by atoms with van der Waals surface area (Å²) in [5.41, 5.74) is 1.47. The van der Waals surface area contributed by atoms with E-state index in [0.29, 0.717) is 18.7 Å². The fourth-order valence-electron chi connectivity index (χ4n) is 2.43. The van der Waals surface area contributed by atoms with E-state index < -0.39 is 0 Å². The van der Waals surface area contributed by atoms with E-state index in [1.165, 1.54) is 0 Å². The van der Waals surface area contributed by atoms with Crippen molar-refractivity contribution in [2.24, 2.45) is 0 Å². The van der Waals surface area contributed by atoms with Gasteiger partial charge in [-0.05, 0) is 25.1 Å². The number of furan rings is 1. The number of fused-ring (bicyclic) bond motifs is 1. The van der Waals surface area contributed by atoms with Gasteiger partial charge in [0.2, 0.25) is 0 Å². The Morgan fingerprint density at radius 2 is 2.26 bits per heavy atom. The number of benzene rings is 1. The topological polar surface area (TPSA) is 45.8 Å². The number of phenolic OH excluding ortho intramolecular Hbond substituents is 1. The normalized spacial score (nSPS) is 19.8. The Morgan fingerprint density at radius 1 is 1.42 bits per heavy atom. The summed E-state index contributed by atoms with van der Waals surface area (Å²) >= 11 is 5.21. The smallest absolute Gasteiger partial charge is 0.137 e. The molecule has 0 aliphatic carbocycles. The third-order valence-corrected chi connectivity index (χ3v) is 3.75. The highest BCUT2D eigenvalue weighted by Crippen LogP contribution is 2.35. The van der Waals surface area contributed by atoms with E-state index in [1.807, 2.05) is 19.1 Å². The first-order chi connectivity index (χ1) is 9.16. The largest absolute Gasteiger partial charge is 0.507 e. The molecule has 5 heteroatoms. The lowest BCUT2D eigenvalue weighted by Gasteiger charge is -2.34. The molecule has 1 saturated heterocycles. The zero-order chi connectivity index (χ0) is 13.4. The first-order valence-electron chi connectivity index (χ1n) is 6.23. The van der Waals surface area contributed by atoms with Gasteiger partial charge in [-0.2, -0.15) is 0 Å². The maximum absolute atomic E-state index is 10.3. The minimum atomic E-state index is -0.161. The van der Waals surface area contributed by atoms with Gasteiger partial charge in [-0.3, -0.25) is 0 Å². The van der Waals surface area contributed by atoms with Crippen LogP contribution in [0.15, 0.2) is 28.9 Å². The molecule has 1 aromatic carbocycles. The van der Waals surface area contributed by atoms with Gasteiger partial charge < -0.3 is 19.2 Å². The van der Waals surface area contributed by atoms with Crippen molar-refractivity contribution in [1.29, 1.82) is 0 Å². The third kappa shape index (κ3) is 2.19. The molecular weight excluding hydrogens is 262 g/mol. The second-order valence-corrected chi connectivity index (χ2v) is 5.25. The molecule has 1 aliphatic heterocycles. The molecule has 19 heavy (non-hydrogen) atoms. The fraction of sp³-hybridized carbons (Fsp3) is 0.357. The van der Waals surface area contributed by atoms with E-state index in [0.717, 1.165) is 22.5 Å². The summed E-state index contributed by atoms with van der Waals surface area (Å²) in [6.07, 6.45) is 1.41. The van der Waals surface area contributed by atoms with Gasteiger partial charge in [0, 0.05) is 18.7 Å². The molecule has 0 spiro atoms. The maximum Gasteiger partial charge on any atom is 0.137 e. The van der Waals surface area contributed by atoms with Crippen molar-refractivity contribution < 1.29 is 14.3 Å². The van der Waals surface area contributed by atoms with Crippen molar-refractivity contribution in [3.63, 3.8) is 0 Å². The van der Waals surface area contributed by atoms with E-state index >= 15 is 0 Å². The number of thiocarbonyl (C=S) groups is 1. The summed E-state index contributed by atoms with van der Waals surface area (Å²) in [5.74, 6) is 0.236. The number of rotatable bonds is 1. The van der Waals surface area contributed by atoms with Crippen molar-refractivity contribution in [3.05, 3.63) is 30.0 Å². The zero-order valence-electron chi connectivity index (χ0n) is 10.6. The van der Waals surface area contributed by atoms with Gasteiger partial charge >= 0.3 is 0 Å². The van der Waals surface area contributed by atoms with E-state index in [4.69, 9.17) is 21.4 Å². The van der Waals surface area contributed by atoms with Crippen LogP contribution in [0.3, 0.4) is 0 Å². The number of nitrogens with zero attached hydrogens (tertiary/aromatic N) is 1. The number of hydrogen-bond acceptors (Lipinski definition) is 4. The number of hydrogen-bond donors (Lipinski definition) is 1. The number of morpholine rings is 1. The van der Waals surface area contributed by atoms with Crippen LogP contribution in [-0.2, 0) is 4.74 Å². The highest BCUT2D eigenvalue weighted by atomic mass is 32.1. The van der Waals surface area contributed by atoms with Crippen LogP contribution in [0.2, 0.25) is 0 Å². The summed E-state index contributed by atoms with van der Waals surface area (Å²) in [4.78, 5) is 2.96. The Labute approximate surface area is 116 Å². The van der Waals surface area contributed by atoms with Gasteiger partial charge in [0.25, 0.3) is 0 Å². The van der Waals surface area contributed by atoms with Crippen LogP contribution in [0.4, 0.5) is 0 Å². The molecule has 1 fully saturated rings. The van der Waals surface area contributed by atoms with E-state index in [9.17, 15) is 5.11 Å². The molecule has 2 aromatic rings. The van der Waals surface area contributed by atoms with Crippen LogP contribution in [-0.4, -0.2) is 34.7 Å². The molecule has 1 N–H and O–H groups in total. The molecule has 3 rings (SSSR count). The Kier molecular flexibility index (Phi) is 3.16. The Bertz CT molecular complexity index is 622. The van der Waals surface area contributed by atoms with Crippen LogP contribution in [0.25, 0.3) is 11.0 Å². The lowest BCUT2D eigenvalue weighted by atomic mass is 10.0. The molecule has 2 heterocycles. The fourth-order valence-corrected chi connectivity index (χ4v) is 2.59. The number of phenols is 1. The average molecular weight is 277 g/mol. The van der Waals surface area contributed by atoms with Gasteiger partial charge in [-0.1, -0.05) is 12.2 Å². The number of aromatic hydroxyl groups is 1. The zero-order valence-corrected chi connectivity index (χ0v) is 11.4. The van der Waals surface area contributed by atoms with Gasteiger partial charge in [-0.25, -0.2) is 0 Å². The molecule has 4 nitrogen and oxygen atoms in total. The van der Waals surface area contributed by atoms with Crippen molar-refractivity contribution in [2.75, 3.05) is 19.7 Å². The molecule has 100 valence electrons. The number of ether oxygens (including phenoxy) is 1. The third-order valence-electron chi connectivity index (χ3n) is 3.50. The molecule has 1 unspecified atom stereocenters. The standard InChI is InChI=1S/C14H15NO3S/c1-9(19)15-5-7-18-13(8-15)10-2-3-12-11(14(10)16)4-6-17-12/h2-4,6,13,16H,5,7-8H2,1H3. The molecular formula is C14H15NO3S. The first kappa shape index (κ1) is 12.4. The minimum absolute atomic E-state index is 0.161. The van der Waals surface area contributed by atoms with Crippen LogP contribution < -0.4 is 0 Å². The molecule has 1 aliphatic rings. The Balaban J connectivity index is 1.95. The minimum Gasteiger partial charge on any atom is -0.507 e. The van der Waals surface area contributed by atoms with Gasteiger partial charge in [0.05, 0.1) is 23.2 Å². The monoisotopic (exact) mass is 277 g/mol. The van der Waals surface area contributed by atoms with Crippen molar-refractivity contribution in [3.8, 4) is 5.75 Å². The molecule has 1 atom stereocenters. The highest BCUT2D eigenvalue weighted by molar-refractivity contribution is 7.80. The molecule has 0 saturated carbocycles. The van der Waals surface area contributed by atoms with Crippen molar-refractivity contribution in [1.82, 2.24) is 4.90 Å². The van der Waals surface area contributed by atoms with Crippen molar-refractivity contribution in [2.45, 2.75) is 13.0 Å². The van der Waals surface area contributed by atoms with Crippen LogP contribution in [0, 0.1) is 0 Å². The first-order valence-corrected chi connectivity index (χ1v) is 6.64. The Morgan fingerprint density at radius 3 is 3.05 bits per heavy atom. The quantitative estimate of drug-likeness (QED) is 0.812. The summed E-state index contributed by atoms with van der Waals surface area (Å²) in [7, 11) is 0. The Hall–Kier alpha value is -1.59. The van der Waals surface area contributed by atoms with Crippen LogP contribution in [0.5, 0.6) is 5.75 Å². The molecule has 0 amide bonds. The predicted octanol–water partition coefficient (Wildman–Crippen LogP) is 2.86. The average Bonchev–Trinajstić information content (AvgIpc) is 2.88. The van der Waals surface area contributed by atoms with Crippen LogP contribution in [0.1, 0.15) is 18.6 Å². The van der Waals surface area contributed by atoms with Crippen LogP contribution >= 0.6 is 12.2 Å². The maximum atomic E-state index is 10.3. The highest BCUT2D eigenvalue weighted by Gasteiger charge is 2.25. The summed E-state index contributed by atoms with van der Waals surface area (Å²) in [5, 5.41) is 11.0. The summed E-state index contributed by atoms with van der Waals surface area (Å²) in [6, 6.07) is 5.48. The molecule has 0 radical (unpaired) electrons. The summed E-state index contributed by atoms with van der Waals surface area (Å²) in [6.45, 7) is 4.01.